The fraction of sp³-hybridized carbons (Fsp3) is 0.308. The summed E-state index contributed by atoms with van der Waals surface area (Å²) >= 11 is 0. The van der Waals surface area contributed by atoms with E-state index in [1.165, 1.54) is 6.39 Å². The van der Waals surface area contributed by atoms with Crippen molar-refractivity contribution in [1.82, 2.24) is 15.5 Å². The third kappa shape index (κ3) is 4.35. The van der Waals surface area contributed by atoms with Crippen LogP contribution < -0.4 is 10.1 Å². The van der Waals surface area contributed by atoms with E-state index in [4.69, 9.17) is 10.00 Å². The van der Waals surface area contributed by atoms with Crippen LogP contribution in [0.15, 0.2) is 35.2 Å². The van der Waals surface area contributed by atoms with Gasteiger partial charge < -0.3 is 19.7 Å². The number of rotatable bonds is 7. The number of ether oxygens (including phenoxy) is 1. The monoisotopic (exact) mass is 274 g/mol. The number of aromatic nitrogens is 2. The van der Waals surface area contributed by atoms with Gasteiger partial charge in [0.2, 0.25) is 6.39 Å². The third-order valence-corrected chi connectivity index (χ3v) is 2.48. The summed E-state index contributed by atoms with van der Waals surface area (Å²) in [5, 5.41) is 25.1. The van der Waals surface area contributed by atoms with Crippen molar-refractivity contribution < 1.29 is 14.4 Å². The first kappa shape index (κ1) is 14.0. The highest BCUT2D eigenvalue weighted by atomic mass is 16.5. The van der Waals surface area contributed by atoms with Gasteiger partial charge in [-0.1, -0.05) is 11.2 Å². The van der Waals surface area contributed by atoms with Crippen LogP contribution in [0.1, 0.15) is 11.4 Å². The van der Waals surface area contributed by atoms with Crippen molar-refractivity contribution in [1.29, 1.82) is 5.26 Å². The zero-order valence-corrected chi connectivity index (χ0v) is 10.7. The van der Waals surface area contributed by atoms with Crippen LogP contribution >= 0.6 is 0 Å². The zero-order valence-electron chi connectivity index (χ0n) is 10.7. The Balaban J connectivity index is 1.69. The van der Waals surface area contributed by atoms with Gasteiger partial charge in [0.25, 0.3) is 0 Å². The molecule has 2 rings (SSSR count). The van der Waals surface area contributed by atoms with E-state index in [9.17, 15) is 5.11 Å². The molecule has 1 atom stereocenters. The van der Waals surface area contributed by atoms with Gasteiger partial charge in [-0.2, -0.15) is 10.2 Å². The molecule has 0 spiro atoms. The molecule has 0 fully saturated rings. The van der Waals surface area contributed by atoms with E-state index >= 15 is 0 Å². The first-order valence-electron chi connectivity index (χ1n) is 6.05. The minimum absolute atomic E-state index is 0.133. The topological polar surface area (TPSA) is 104 Å². The lowest BCUT2D eigenvalue weighted by Crippen LogP contribution is -2.31. The molecule has 0 aliphatic heterocycles. The Bertz CT molecular complexity index is 565. The Morgan fingerprint density at radius 1 is 1.50 bits per heavy atom. The Morgan fingerprint density at radius 3 is 3.15 bits per heavy atom. The summed E-state index contributed by atoms with van der Waals surface area (Å²) in [6, 6.07) is 8.81. The van der Waals surface area contributed by atoms with Gasteiger partial charge in [-0.3, -0.25) is 0 Å². The fourth-order valence-corrected chi connectivity index (χ4v) is 1.53. The molecule has 20 heavy (non-hydrogen) atoms. The third-order valence-electron chi connectivity index (χ3n) is 2.48. The second-order valence-electron chi connectivity index (χ2n) is 4.08. The summed E-state index contributed by atoms with van der Waals surface area (Å²) in [7, 11) is 0. The van der Waals surface area contributed by atoms with Gasteiger partial charge in [0.1, 0.15) is 18.5 Å². The molecule has 1 aromatic carbocycles. The highest BCUT2D eigenvalue weighted by Gasteiger charge is 2.06. The first-order valence-corrected chi connectivity index (χ1v) is 6.05. The SMILES string of the molecule is N#Cc1cccc(OCC(O)CNCc2ncon2)c1. The molecular weight excluding hydrogens is 260 g/mol. The average Bonchev–Trinajstić information content (AvgIpc) is 2.98. The first-order chi connectivity index (χ1) is 9.78. The van der Waals surface area contributed by atoms with Gasteiger partial charge in [-0.25, -0.2) is 0 Å². The van der Waals surface area contributed by atoms with E-state index in [2.05, 4.69) is 20.0 Å². The van der Waals surface area contributed by atoms with Crippen molar-refractivity contribution in [3.63, 3.8) is 0 Å². The molecule has 7 heteroatoms. The molecular formula is C13H14N4O3. The van der Waals surface area contributed by atoms with Gasteiger partial charge in [-0.15, -0.1) is 0 Å². The summed E-state index contributed by atoms with van der Waals surface area (Å²) in [6.07, 6.45) is 0.575. The predicted molar refractivity (Wildman–Crippen MR) is 68.7 cm³/mol. The van der Waals surface area contributed by atoms with Gasteiger partial charge in [0.05, 0.1) is 18.2 Å². The molecule has 2 aromatic rings. The Hall–Kier alpha value is -2.43. The van der Waals surface area contributed by atoms with E-state index in [1.807, 2.05) is 6.07 Å². The number of nitrogens with one attached hydrogen (secondary N) is 1. The van der Waals surface area contributed by atoms with E-state index in [-0.39, 0.29) is 6.61 Å². The van der Waals surface area contributed by atoms with E-state index in [1.54, 1.807) is 24.3 Å². The number of nitriles is 1. The Kier molecular flexibility index (Phi) is 5.06. The van der Waals surface area contributed by atoms with Crippen molar-refractivity contribution in [3.8, 4) is 11.8 Å². The maximum absolute atomic E-state index is 9.75. The lowest BCUT2D eigenvalue weighted by Gasteiger charge is -2.12. The molecule has 1 aromatic heterocycles. The highest BCUT2D eigenvalue weighted by molar-refractivity contribution is 5.36. The number of nitrogens with zero attached hydrogens (tertiary/aromatic N) is 3. The maximum atomic E-state index is 9.75. The molecule has 0 aliphatic carbocycles. The van der Waals surface area contributed by atoms with E-state index in [0.29, 0.717) is 30.2 Å². The molecule has 0 amide bonds. The highest BCUT2D eigenvalue weighted by Crippen LogP contribution is 2.12. The van der Waals surface area contributed by atoms with Gasteiger partial charge in [0.15, 0.2) is 5.82 Å². The molecule has 104 valence electrons. The zero-order chi connectivity index (χ0) is 14.2. The van der Waals surface area contributed by atoms with Crippen LogP contribution in [-0.2, 0) is 6.54 Å². The van der Waals surface area contributed by atoms with E-state index in [0.717, 1.165) is 0 Å². The molecule has 2 N–H and O–H groups in total. The predicted octanol–water partition coefficient (Wildman–Crippen LogP) is 0.471. The minimum atomic E-state index is -0.673. The summed E-state index contributed by atoms with van der Waals surface area (Å²) in [5.74, 6) is 1.08. The van der Waals surface area contributed by atoms with Crippen molar-refractivity contribution in [3.05, 3.63) is 42.0 Å². The Morgan fingerprint density at radius 2 is 2.40 bits per heavy atom. The number of aliphatic hydroxyl groups is 1. The molecule has 0 saturated carbocycles. The van der Waals surface area contributed by atoms with E-state index < -0.39 is 6.10 Å². The second-order valence-corrected chi connectivity index (χ2v) is 4.08. The van der Waals surface area contributed by atoms with Crippen LogP contribution in [-0.4, -0.2) is 34.5 Å². The molecule has 0 saturated heterocycles. The van der Waals surface area contributed by atoms with Crippen molar-refractivity contribution in [2.75, 3.05) is 13.2 Å². The van der Waals surface area contributed by atoms with Crippen LogP contribution in [0.3, 0.4) is 0 Å². The van der Waals surface area contributed by atoms with Crippen molar-refractivity contribution in [2.45, 2.75) is 12.6 Å². The van der Waals surface area contributed by atoms with Crippen LogP contribution in [0.5, 0.6) is 5.75 Å². The van der Waals surface area contributed by atoms with Crippen LogP contribution in [0.25, 0.3) is 0 Å². The largest absolute Gasteiger partial charge is 0.491 e. The second kappa shape index (κ2) is 7.23. The van der Waals surface area contributed by atoms with Crippen LogP contribution in [0.2, 0.25) is 0 Å². The fourth-order valence-electron chi connectivity index (χ4n) is 1.53. The average molecular weight is 274 g/mol. The summed E-state index contributed by atoms with van der Waals surface area (Å²) in [5.41, 5.74) is 0.521. The van der Waals surface area contributed by atoms with Crippen molar-refractivity contribution in [2.24, 2.45) is 0 Å². The molecule has 1 unspecified atom stereocenters. The smallest absolute Gasteiger partial charge is 0.213 e. The number of benzene rings is 1. The lowest BCUT2D eigenvalue weighted by atomic mass is 10.2. The molecule has 0 radical (unpaired) electrons. The van der Waals surface area contributed by atoms with Crippen LogP contribution in [0, 0.1) is 11.3 Å². The van der Waals surface area contributed by atoms with Crippen molar-refractivity contribution >= 4 is 0 Å². The molecule has 0 aliphatic rings. The van der Waals surface area contributed by atoms with Crippen LogP contribution in [0.4, 0.5) is 0 Å². The number of hydrogen-bond acceptors (Lipinski definition) is 7. The lowest BCUT2D eigenvalue weighted by molar-refractivity contribution is 0.106. The number of aliphatic hydroxyl groups excluding tert-OH is 1. The number of hydrogen-bond donors (Lipinski definition) is 2. The normalized spacial score (nSPS) is 11.8. The molecule has 7 nitrogen and oxygen atoms in total. The summed E-state index contributed by atoms with van der Waals surface area (Å²) in [4.78, 5) is 3.84. The van der Waals surface area contributed by atoms with Gasteiger partial charge in [0, 0.05) is 6.54 Å². The summed E-state index contributed by atoms with van der Waals surface area (Å²) < 4.78 is 9.99. The quantitative estimate of drug-likeness (QED) is 0.756. The maximum Gasteiger partial charge on any atom is 0.213 e. The minimum Gasteiger partial charge on any atom is -0.491 e. The molecule has 1 heterocycles. The summed E-state index contributed by atoms with van der Waals surface area (Å²) in [6.45, 7) is 0.887. The standard InChI is InChI=1S/C13H14N4O3/c14-5-10-2-1-3-12(4-10)19-8-11(18)6-15-7-13-16-9-20-17-13/h1-4,9,11,15,18H,6-8H2. The van der Waals surface area contributed by atoms with Gasteiger partial charge >= 0.3 is 0 Å². The Labute approximate surface area is 115 Å². The van der Waals surface area contributed by atoms with Gasteiger partial charge in [-0.05, 0) is 18.2 Å². The molecule has 0 bridgehead atoms.